The molecule has 0 radical (unpaired) electrons. The van der Waals surface area contributed by atoms with E-state index in [2.05, 4.69) is 13.0 Å². The molecule has 4 rings (SSSR count). The van der Waals surface area contributed by atoms with Gasteiger partial charge >= 0.3 is 5.97 Å². The number of carbonyl (C=O) groups excluding carboxylic acids is 3. The predicted molar refractivity (Wildman–Crippen MR) is 127 cm³/mol. The van der Waals surface area contributed by atoms with Crippen molar-refractivity contribution in [3.8, 4) is 0 Å². The summed E-state index contributed by atoms with van der Waals surface area (Å²) < 4.78 is 4.76. The van der Waals surface area contributed by atoms with Gasteiger partial charge in [-0.2, -0.15) is 0 Å². The van der Waals surface area contributed by atoms with Crippen molar-refractivity contribution in [1.82, 2.24) is 9.80 Å². The highest BCUT2D eigenvalue weighted by Crippen LogP contribution is 2.60. The van der Waals surface area contributed by atoms with Crippen molar-refractivity contribution in [1.29, 1.82) is 0 Å². The smallest absolute Gasteiger partial charge is 0.311 e. The summed E-state index contributed by atoms with van der Waals surface area (Å²) in [6.07, 6.45) is 14.1. The summed E-state index contributed by atoms with van der Waals surface area (Å²) in [6.45, 7) is 4.32. The Morgan fingerprint density at radius 1 is 1.09 bits per heavy atom. The van der Waals surface area contributed by atoms with Crippen LogP contribution >= 0.6 is 11.8 Å². The zero-order valence-electron chi connectivity index (χ0n) is 19.5. The second kappa shape index (κ2) is 10.6. The van der Waals surface area contributed by atoms with E-state index in [1.807, 2.05) is 23.1 Å². The largest absolute Gasteiger partial charge is 0.465 e. The lowest BCUT2D eigenvalue weighted by molar-refractivity contribution is -0.153. The van der Waals surface area contributed by atoms with Crippen LogP contribution in [-0.2, 0) is 19.1 Å². The summed E-state index contributed by atoms with van der Waals surface area (Å²) in [5.74, 6) is -1.57. The minimum atomic E-state index is -0.747. The van der Waals surface area contributed by atoms with Gasteiger partial charge in [0.05, 0.1) is 23.2 Å². The first-order chi connectivity index (χ1) is 16.0. The topological polar surface area (TPSA) is 87.2 Å². The number of aliphatic hydroxyl groups is 1. The second-order valence-corrected chi connectivity index (χ2v) is 10.9. The van der Waals surface area contributed by atoms with Crippen molar-refractivity contribution >= 4 is 29.5 Å². The number of fused-ring (bicyclic) bond motifs is 2. The number of carbonyl (C=O) groups is 3. The van der Waals surface area contributed by atoms with E-state index in [9.17, 15) is 14.4 Å². The lowest BCUT2D eigenvalue weighted by atomic mass is 9.78. The van der Waals surface area contributed by atoms with Gasteiger partial charge in [-0.3, -0.25) is 14.4 Å². The van der Waals surface area contributed by atoms with Crippen LogP contribution in [0.4, 0.5) is 0 Å². The number of rotatable bonds is 9. The van der Waals surface area contributed by atoms with E-state index in [0.29, 0.717) is 32.7 Å². The van der Waals surface area contributed by atoms with Crippen molar-refractivity contribution in [3.05, 3.63) is 24.3 Å². The van der Waals surface area contributed by atoms with E-state index >= 15 is 0 Å². The van der Waals surface area contributed by atoms with Gasteiger partial charge in [-0.25, -0.2) is 0 Å². The molecule has 7 nitrogen and oxygen atoms in total. The van der Waals surface area contributed by atoms with Crippen LogP contribution in [0.5, 0.6) is 0 Å². The molecule has 0 aromatic rings. The molecule has 0 aromatic heterocycles. The van der Waals surface area contributed by atoms with Gasteiger partial charge in [0.25, 0.3) is 0 Å². The summed E-state index contributed by atoms with van der Waals surface area (Å²) >= 11 is 1.60. The fraction of sp³-hybridized carbons (Fsp3) is 0.720. The van der Waals surface area contributed by atoms with E-state index in [-0.39, 0.29) is 29.6 Å². The molecule has 2 amide bonds. The maximum atomic E-state index is 13.9. The lowest BCUT2D eigenvalue weighted by Crippen LogP contribution is -2.53. The molecule has 33 heavy (non-hydrogen) atoms. The molecule has 8 heteroatoms. The first-order valence-electron chi connectivity index (χ1n) is 12.4. The number of ether oxygens (including phenoxy) is 1. The van der Waals surface area contributed by atoms with Crippen LogP contribution in [0.25, 0.3) is 0 Å². The molecule has 0 aromatic carbocycles. The van der Waals surface area contributed by atoms with Crippen molar-refractivity contribution in [2.24, 2.45) is 11.8 Å². The molecule has 1 spiro atoms. The Labute approximate surface area is 200 Å². The zero-order chi connectivity index (χ0) is 23.4. The van der Waals surface area contributed by atoms with Gasteiger partial charge < -0.3 is 19.6 Å². The third-order valence-electron chi connectivity index (χ3n) is 7.29. The van der Waals surface area contributed by atoms with E-state index in [4.69, 9.17) is 9.84 Å². The number of likely N-dealkylation sites (tertiary alicyclic amines) is 1. The van der Waals surface area contributed by atoms with Gasteiger partial charge in [0.1, 0.15) is 6.04 Å². The average Bonchev–Trinajstić information content (AvgIpc) is 3.17. The Morgan fingerprint density at radius 3 is 2.70 bits per heavy atom. The standard InChI is InChI=1S/C25H36N2O5S/c1-2-3-13-26-14-10-12-25-20(19-18(33-25)11-6-9-17-32-24(19)31)22(29)27(21(25)23(26)30)15-7-4-5-8-16-28/h6,10-12,18-21,28H,2-5,7-9,13-17H2,1H3/t18-,19+,20-,21?,25-/m0/s1. The summed E-state index contributed by atoms with van der Waals surface area (Å²) in [4.78, 5) is 44.5. The summed E-state index contributed by atoms with van der Waals surface area (Å²) in [7, 11) is 0. The fourth-order valence-corrected chi connectivity index (χ4v) is 7.69. The molecule has 0 saturated carbocycles. The Hall–Kier alpha value is -1.80. The molecule has 5 atom stereocenters. The number of unbranched alkanes of at least 4 members (excludes halogenated alkanes) is 4. The Kier molecular flexibility index (Phi) is 7.84. The van der Waals surface area contributed by atoms with Crippen molar-refractivity contribution in [2.45, 2.75) is 67.9 Å². The number of thioether (sulfide) groups is 1. The second-order valence-electron chi connectivity index (χ2n) is 9.44. The monoisotopic (exact) mass is 476 g/mol. The van der Waals surface area contributed by atoms with Crippen LogP contribution < -0.4 is 0 Å². The summed E-state index contributed by atoms with van der Waals surface area (Å²) in [5, 5.41) is 8.88. The molecular weight excluding hydrogens is 440 g/mol. The molecule has 1 N–H and O–H groups in total. The summed E-state index contributed by atoms with van der Waals surface area (Å²) in [5.41, 5.74) is 0. The highest BCUT2D eigenvalue weighted by atomic mass is 32.2. The number of nitrogens with zero attached hydrogens (tertiary/aromatic N) is 2. The summed E-state index contributed by atoms with van der Waals surface area (Å²) in [6, 6.07) is -0.595. The van der Waals surface area contributed by atoms with Gasteiger partial charge in [-0.1, -0.05) is 50.5 Å². The third kappa shape index (κ3) is 4.48. The zero-order valence-corrected chi connectivity index (χ0v) is 20.3. The number of amides is 2. The van der Waals surface area contributed by atoms with Crippen LogP contribution in [0.15, 0.2) is 24.3 Å². The number of hydrogen-bond donors (Lipinski definition) is 1. The maximum absolute atomic E-state index is 13.9. The first-order valence-corrected chi connectivity index (χ1v) is 13.3. The minimum absolute atomic E-state index is 0.00113. The Bertz CT molecular complexity index is 815. The SMILES string of the molecule is CCCCN1CC=C[C@]23S[C@H]4C=CCCOC(=O)[C@H]4[C@H]2C(=O)N(CCCCCCO)C3C1=O. The minimum Gasteiger partial charge on any atom is -0.465 e. The maximum Gasteiger partial charge on any atom is 0.311 e. The molecule has 0 aliphatic carbocycles. The van der Waals surface area contributed by atoms with Gasteiger partial charge in [0, 0.05) is 31.5 Å². The predicted octanol–water partition coefficient (Wildman–Crippen LogP) is 2.54. The van der Waals surface area contributed by atoms with Crippen LogP contribution in [0, 0.1) is 11.8 Å². The number of esters is 1. The van der Waals surface area contributed by atoms with Gasteiger partial charge in [0.2, 0.25) is 11.8 Å². The molecule has 4 aliphatic rings. The van der Waals surface area contributed by atoms with E-state index in [1.165, 1.54) is 0 Å². The van der Waals surface area contributed by atoms with Crippen LogP contribution in [0.2, 0.25) is 0 Å². The van der Waals surface area contributed by atoms with Gasteiger partial charge in [-0.05, 0) is 25.7 Å². The van der Waals surface area contributed by atoms with Crippen molar-refractivity contribution < 1.29 is 24.2 Å². The lowest BCUT2D eigenvalue weighted by Gasteiger charge is -2.35. The van der Waals surface area contributed by atoms with Crippen molar-refractivity contribution in [2.75, 3.05) is 32.8 Å². The number of hydrogen-bond acceptors (Lipinski definition) is 6. The van der Waals surface area contributed by atoms with E-state index in [1.54, 1.807) is 16.7 Å². The molecule has 2 fully saturated rings. The van der Waals surface area contributed by atoms with Crippen LogP contribution in [0.3, 0.4) is 0 Å². The molecule has 4 aliphatic heterocycles. The highest BCUT2D eigenvalue weighted by molar-refractivity contribution is 8.02. The average molecular weight is 477 g/mol. The van der Waals surface area contributed by atoms with Gasteiger partial charge in [0.15, 0.2) is 0 Å². The molecule has 2 saturated heterocycles. The first kappa shape index (κ1) is 24.3. The van der Waals surface area contributed by atoms with E-state index in [0.717, 1.165) is 38.5 Å². The van der Waals surface area contributed by atoms with Crippen LogP contribution in [-0.4, -0.2) is 81.6 Å². The molecule has 182 valence electrons. The number of aliphatic hydroxyl groups excluding tert-OH is 1. The quantitative estimate of drug-likeness (QED) is 0.313. The number of cyclic esters (lactones) is 1. The van der Waals surface area contributed by atoms with Gasteiger partial charge in [-0.15, -0.1) is 11.8 Å². The van der Waals surface area contributed by atoms with E-state index < -0.39 is 22.6 Å². The van der Waals surface area contributed by atoms with Crippen LogP contribution in [0.1, 0.15) is 51.9 Å². The normalized spacial score (nSPS) is 33.3. The fourth-order valence-electron chi connectivity index (χ4n) is 5.69. The molecular formula is C25H36N2O5S. The highest BCUT2D eigenvalue weighted by Gasteiger charge is 2.70. The molecule has 0 bridgehead atoms. The Balaban J connectivity index is 1.68. The Morgan fingerprint density at radius 2 is 1.91 bits per heavy atom. The third-order valence-corrected chi connectivity index (χ3v) is 9.04. The molecule has 1 unspecified atom stereocenters. The van der Waals surface area contributed by atoms with Crippen molar-refractivity contribution in [3.63, 3.8) is 0 Å². The molecule has 4 heterocycles.